The first-order chi connectivity index (χ1) is 10.7. The topological polar surface area (TPSA) is 63.0 Å². The van der Waals surface area contributed by atoms with Gasteiger partial charge in [0.05, 0.1) is 19.6 Å². The molecule has 7 heteroatoms. The van der Waals surface area contributed by atoms with Gasteiger partial charge in [-0.05, 0) is 18.6 Å². The number of aliphatic imine (C=N–C) groups is 1. The Morgan fingerprint density at radius 1 is 1.26 bits per heavy atom. The zero-order chi connectivity index (χ0) is 15.3. The molecule has 2 aliphatic rings. The SMILES string of the molecule is CC[C@@H]1Cn2c(c3c([n+](C)c2=O)N=C(c2ccccc2)N=3)=N1.Cl. The van der Waals surface area contributed by atoms with Crippen molar-refractivity contribution < 1.29 is 4.57 Å². The predicted molar refractivity (Wildman–Crippen MR) is 88.2 cm³/mol. The largest absolute Gasteiger partial charge is 0.444 e. The van der Waals surface area contributed by atoms with E-state index in [4.69, 9.17) is 0 Å². The van der Waals surface area contributed by atoms with E-state index in [9.17, 15) is 4.79 Å². The van der Waals surface area contributed by atoms with Crippen LogP contribution >= 0.6 is 12.4 Å². The second-order valence-corrected chi connectivity index (χ2v) is 5.55. The van der Waals surface area contributed by atoms with E-state index in [1.54, 1.807) is 16.2 Å². The molecule has 0 radical (unpaired) electrons. The molecule has 23 heavy (non-hydrogen) atoms. The third-order valence-electron chi connectivity index (χ3n) is 4.15. The van der Waals surface area contributed by atoms with Gasteiger partial charge in [0.1, 0.15) is 0 Å². The van der Waals surface area contributed by atoms with Crippen molar-refractivity contribution in [1.29, 1.82) is 0 Å². The molecule has 0 saturated heterocycles. The van der Waals surface area contributed by atoms with Crippen molar-refractivity contribution in [3.8, 4) is 0 Å². The first kappa shape index (κ1) is 15.6. The number of nitrogens with zero attached hydrogens (tertiary/aromatic N) is 5. The molecular formula is C16H17ClN5O+. The van der Waals surface area contributed by atoms with Gasteiger partial charge < -0.3 is 0 Å². The van der Waals surface area contributed by atoms with E-state index in [0.717, 1.165) is 12.0 Å². The van der Waals surface area contributed by atoms with Crippen LogP contribution in [0.1, 0.15) is 18.9 Å². The van der Waals surface area contributed by atoms with Crippen molar-refractivity contribution >= 4 is 24.1 Å². The Morgan fingerprint density at radius 3 is 2.70 bits per heavy atom. The van der Waals surface area contributed by atoms with E-state index in [1.807, 2.05) is 30.3 Å². The third kappa shape index (κ3) is 2.30. The number of hydrogen-bond donors (Lipinski definition) is 0. The molecule has 0 bridgehead atoms. The van der Waals surface area contributed by atoms with Gasteiger partial charge >= 0.3 is 5.69 Å². The molecule has 2 aliphatic heterocycles. The smallest absolute Gasteiger partial charge is 0.246 e. The molecule has 3 heterocycles. The number of benzene rings is 1. The van der Waals surface area contributed by atoms with Crippen LogP contribution < -0.4 is 21.1 Å². The fraction of sp³-hybridized carbons (Fsp3) is 0.312. The normalized spacial score (nSPS) is 17.5. The van der Waals surface area contributed by atoms with Gasteiger partial charge in [0.15, 0.2) is 0 Å². The molecule has 0 saturated carbocycles. The van der Waals surface area contributed by atoms with Crippen LogP contribution in [0.5, 0.6) is 0 Å². The van der Waals surface area contributed by atoms with Gasteiger partial charge in [-0.1, -0.05) is 30.1 Å². The molecule has 0 spiro atoms. The summed E-state index contributed by atoms with van der Waals surface area (Å²) in [6.07, 6.45) is 0.909. The molecule has 1 aromatic carbocycles. The summed E-state index contributed by atoms with van der Waals surface area (Å²) in [5, 5.41) is 0.705. The molecule has 0 amide bonds. The second kappa shape index (κ2) is 5.70. The molecule has 0 N–H and O–H groups in total. The Balaban J connectivity index is 0.00000156. The Morgan fingerprint density at radius 2 is 2.00 bits per heavy atom. The second-order valence-electron chi connectivity index (χ2n) is 5.55. The summed E-state index contributed by atoms with van der Waals surface area (Å²) < 4.78 is 3.27. The van der Waals surface area contributed by atoms with E-state index >= 15 is 0 Å². The minimum Gasteiger partial charge on any atom is -0.246 e. The number of rotatable bonds is 2. The summed E-state index contributed by atoms with van der Waals surface area (Å²) in [6.45, 7) is 2.70. The molecule has 4 rings (SSSR count). The minimum atomic E-state index is -0.0817. The lowest BCUT2D eigenvalue weighted by Crippen LogP contribution is -2.59. The fourth-order valence-corrected chi connectivity index (χ4v) is 2.86. The molecule has 0 fully saturated rings. The Labute approximate surface area is 139 Å². The summed E-state index contributed by atoms with van der Waals surface area (Å²) in [7, 11) is 1.74. The third-order valence-corrected chi connectivity index (χ3v) is 4.15. The summed E-state index contributed by atoms with van der Waals surface area (Å²) in [5.41, 5.74) is 1.52. The van der Waals surface area contributed by atoms with Crippen LogP contribution in [-0.2, 0) is 13.6 Å². The van der Waals surface area contributed by atoms with E-state index in [1.165, 1.54) is 0 Å². The summed E-state index contributed by atoms with van der Waals surface area (Å²) in [6, 6.07) is 9.93. The maximum absolute atomic E-state index is 12.5. The zero-order valence-corrected chi connectivity index (χ0v) is 13.7. The molecule has 118 valence electrons. The van der Waals surface area contributed by atoms with Crippen molar-refractivity contribution in [3.63, 3.8) is 0 Å². The van der Waals surface area contributed by atoms with Gasteiger partial charge in [-0.15, -0.1) is 12.4 Å². The fourth-order valence-electron chi connectivity index (χ4n) is 2.86. The van der Waals surface area contributed by atoms with Crippen molar-refractivity contribution in [2.45, 2.75) is 25.9 Å². The van der Waals surface area contributed by atoms with Gasteiger partial charge in [-0.2, -0.15) is 4.57 Å². The van der Waals surface area contributed by atoms with E-state index < -0.39 is 0 Å². The van der Waals surface area contributed by atoms with Gasteiger partial charge in [0, 0.05) is 5.56 Å². The van der Waals surface area contributed by atoms with Crippen molar-refractivity contribution in [1.82, 2.24) is 4.57 Å². The number of aromatic nitrogens is 2. The van der Waals surface area contributed by atoms with Gasteiger partial charge in [0.25, 0.3) is 5.82 Å². The van der Waals surface area contributed by atoms with Gasteiger partial charge in [0.2, 0.25) is 16.7 Å². The highest BCUT2D eigenvalue weighted by molar-refractivity contribution is 6.02. The van der Waals surface area contributed by atoms with Crippen LogP contribution in [0.25, 0.3) is 0 Å². The lowest BCUT2D eigenvalue weighted by Gasteiger charge is -1.99. The van der Waals surface area contributed by atoms with Crippen LogP contribution in [0.3, 0.4) is 0 Å². The minimum absolute atomic E-state index is 0. The lowest BCUT2D eigenvalue weighted by molar-refractivity contribution is -0.678. The average molecular weight is 331 g/mol. The van der Waals surface area contributed by atoms with E-state index in [-0.39, 0.29) is 24.1 Å². The Kier molecular flexibility index (Phi) is 3.85. The van der Waals surface area contributed by atoms with Gasteiger partial charge in [-0.25, -0.2) is 19.3 Å². The standard InChI is InChI=1S/C16H16N5O.ClH/c1-3-11-9-21-15(17-11)12-14(20(2)16(21)22)19-13(18-12)10-7-5-4-6-8-10;/h4-8,11H,3,9H2,1-2H3;1H/q+1;/t11-;/m1./s1. The predicted octanol–water partition coefficient (Wildman–Crippen LogP) is 0.218. The number of fused-ring (bicyclic) bond motifs is 3. The highest BCUT2D eigenvalue weighted by Crippen LogP contribution is 2.11. The molecule has 6 nitrogen and oxygen atoms in total. The van der Waals surface area contributed by atoms with Crippen LogP contribution in [-0.4, -0.2) is 16.4 Å². The summed E-state index contributed by atoms with van der Waals surface area (Å²) in [4.78, 5) is 26.3. The number of amidine groups is 1. The van der Waals surface area contributed by atoms with Crippen LogP contribution in [0, 0.1) is 0 Å². The highest BCUT2D eigenvalue weighted by Gasteiger charge is 2.30. The monoisotopic (exact) mass is 330 g/mol. The first-order valence-electron chi connectivity index (χ1n) is 7.42. The first-order valence-corrected chi connectivity index (χ1v) is 7.42. The summed E-state index contributed by atoms with van der Waals surface area (Å²) in [5.74, 6) is 1.23. The lowest BCUT2D eigenvalue weighted by atomic mass is 10.2. The van der Waals surface area contributed by atoms with Crippen LogP contribution in [0.2, 0.25) is 0 Å². The van der Waals surface area contributed by atoms with Crippen molar-refractivity contribution in [2.75, 3.05) is 0 Å². The van der Waals surface area contributed by atoms with E-state index in [0.29, 0.717) is 29.0 Å². The molecule has 0 aliphatic carbocycles. The van der Waals surface area contributed by atoms with E-state index in [2.05, 4.69) is 21.9 Å². The van der Waals surface area contributed by atoms with Crippen LogP contribution in [0.4, 0.5) is 5.82 Å². The van der Waals surface area contributed by atoms with Crippen LogP contribution in [0.15, 0.2) is 50.1 Å². The molecule has 0 unspecified atom stereocenters. The Hall–Kier alpha value is -2.34. The average Bonchev–Trinajstić information content (AvgIpc) is 3.17. The highest BCUT2D eigenvalue weighted by atomic mass is 35.5. The van der Waals surface area contributed by atoms with Gasteiger partial charge in [-0.3, -0.25) is 0 Å². The number of hydrogen-bond acceptors (Lipinski definition) is 4. The maximum atomic E-state index is 12.5. The molecule has 2 aromatic rings. The summed E-state index contributed by atoms with van der Waals surface area (Å²) >= 11 is 0. The Bertz CT molecular complexity index is 978. The quantitative estimate of drug-likeness (QED) is 0.726. The van der Waals surface area contributed by atoms with Crippen molar-refractivity contribution in [2.24, 2.45) is 22.0 Å². The van der Waals surface area contributed by atoms with Crippen molar-refractivity contribution in [3.05, 3.63) is 57.2 Å². The molecule has 1 atom stereocenters. The molecule has 1 aromatic heterocycles. The zero-order valence-electron chi connectivity index (χ0n) is 12.9. The number of halogens is 1. The maximum Gasteiger partial charge on any atom is 0.444 e. The molecular weight excluding hydrogens is 314 g/mol.